The minimum Gasteiger partial charge on any atom is -0.480 e. The fraction of sp³-hybridized carbons (Fsp3) is 0.810. The highest BCUT2D eigenvalue weighted by Gasteiger charge is 2.29. The van der Waals surface area contributed by atoms with E-state index in [2.05, 4.69) is 16.0 Å². The number of hydrogen-bond acceptors (Lipinski definition) is 7. The van der Waals surface area contributed by atoms with E-state index >= 15 is 0 Å². The van der Waals surface area contributed by atoms with Crippen LogP contribution in [0.1, 0.15) is 65.7 Å². The van der Waals surface area contributed by atoms with Gasteiger partial charge in [0.2, 0.25) is 17.7 Å². The minimum absolute atomic E-state index is 0.0575. The van der Waals surface area contributed by atoms with Crippen LogP contribution in [-0.4, -0.2) is 66.1 Å². The number of carboxylic acids is 1. The summed E-state index contributed by atoms with van der Waals surface area (Å²) in [6, 6.07) is -3.69. The molecule has 0 aliphatic rings. The van der Waals surface area contributed by atoms with Crippen molar-refractivity contribution < 1.29 is 24.3 Å². The molecule has 0 spiro atoms. The average Bonchev–Trinajstić information content (AvgIpc) is 2.71. The Labute approximate surface area is 190 Å². The van der Waals surface area contributed by atoms with Crippen molar-refractivity contribution in [3.8, 4) is 0 Å². The summed E-state index contributed by atoms with van der Waals surface area (Å²) in [5.74, 6) is -2.67. The van der Waals surface area contributed by atoms with Crippen LogP contribution in [0.2, 0.25) is 0 Å². The maximum atomic E-state index is 12.9. The summed E-state index contributed by atoms with van der Waals surface area (Å²) in [6.45, 7) is 6.10. The molecule has 0 aliphatic heterocycles. The van der Waals surface area contributed by atoms with Crippen molar-refractivity contribution in [2.24, 2.45) is 23.1 Å². The number of rotatable bonds is 17. The lowest BCUT2D eigenvalue weighted by Crippen LogP contribution is -2.57. The summed E-state index contributed by atoms with van der Waals surface area (Å²) >= 11 is 0. The minimum atomic E-state index is -1.14. The van der Waals surface area contributed by atoms with Gasteiger partial charge in [-0.25, -0.2) is 4.79 Å². The van der Waals surface area contributed by atoms with E-state index in [1.165, 1.54) is 6.92 Å². The van der Waals surface area contributed by atoms with Crippen molar-refractivity contribution in [3.05, 3.63) is 0 Å². The Morgan fingerprint density at radius 2 is 1.12 bits per heavy atom. The Morgan fingerprint density at radius 1 is 0.719 bits per heavy atom. The van der Waals surface area contributed by atoms with Crippen LogP contribution in [0.25, 0.3) is 0 Å². The molecule has 0 fully saturated rings. The van der Waals surface area contributed by atoms with Gasteiger partial charge >= 0.3 is 5.97 Å². The fourth-order valence-electron chi connectivity index (χ4n) is 3.06. The molecular weight excluding hydrogens is 416 g/mol. The fourth-order valence-corrected chi connectivity index (χ4v) is 3.06. The standard InChI is InChI=1S/C21H42N6O5/c1-13(2)12-17(21(31)32)27-20(30)16(9-5-7-11-23)26-19(29)15(8-4-6-10-22)25-18(28)14(3)24/h13-17H,4-12,22-24H2,1-3H3,(H,25,28)(H,26,29)(H,27,30)(H,31,32). The topological polar surface area (TPSA) is 203 Å². The summed E-state index contributed by atoms with van der Waals surface area (Å²) < 4.78 is 0. The number of amides is 3. The third-order valence-electron chi connectivity index (χ3n) is 4.90. The van der Waals surface area contributed by atoms with Crippen molar-refractivity contribution in [2.45, 2.75) is 89.9 Å². The first-order chi connectivity index (χ1) is 15.0. The lowest BCUT2D eigenvalue weighted by atomic mass is 10.0. The SMILES string of the molecule is CC(C)CC(NC(=O)C(CCCCN)NC(=O)C(CCCCN)NC(=O)C(C)N)C(=O)O. The van der Waals surface area contributed by atoms with Gasteiger partial charge in [0.05, 0.1) is 6.04 Å². The Bertz CT molecular complexity index is 599. The van der Waals surface area contributed by atoms with E-state index in [1.54, 1.807) is 0 Å². The summed E-state index contributed by atoms with van der Waals surface area (Å²) in [6.07, 6.45) is 3.39. The number of nitrogens with one attached hydrogen (secondary N) is 3. The molecule has 0 heterocycles. The zero-order valence-corrected chi connectivity index (χ0v) is 19.6. The molecular formula is C21H42N6O5. The van der Waals surface area contributed by atoms with Crippen molar-refractivity contribution in [1.29, 1.82) is 0 Å². The highest BCUT2D eigenvalue weighted by atomic mass is 16.4. The molecule has 0 aromatic rings. The number of carbonyl (C=O) groups is 4. The van der Waals surface area contributed by atoms with E-state index in [0.29, 0.717) is 51.6 Å². The molecule has 32 heavy (non-hydrogen) atoms. The molecule has 3 amide bonds. The lowest BCUT2D eigenvalue weighted by molar-refractivity contribution is -0.142. The molecule has 0 aliphatic carbocycles. The Hall–Kier alpha value is -2.24. The first-order valence-corrected chi connectivity index (χ1v) is 11.3. The van der Waals surface area contributed by atoms with Crippen LogP contribution >= 0.6 is 0 Å². The zero-order chi connectivity index (χ0) is 24.7. The van der Waals surface area contributed by atoms with Gasteiger partial charge in [-0.1, -0.05) is 13.8 Å². The molecule has 0 aromatic heterocycles. The normalized spacial score (nSPS) is 14.8. The Morgan fingerprint density at radius 3 is 1.47 bits per heavy atom. The highest BCUT2D eigenvalue weighted by Crippen LogP contribution is 2.09. The molecule has 0 rings (SSSR count). The van der Waals surface area contributed by atoms with Gasteiger partial charge in [0.1, 0.15) is 18.1 Å². The van der Waals surface area contributed by atoms with Crippen molar-refractivity contribution in [2.75, 3.05) is 13.1 Å². The van der Waals surface area contributed by atoms with E-state index in [4.69, 9.17) is 17.2 Å². The molecule has 4 atom stereocenters. The van der Waals surface area contributed by atoms with Gasteiger partial charge < -0.3 is 38.3 Å². The van der Waals surface area contributed by atoms with Crippen LogP contribution in [0, 0.1) is 5.92 Å². The first-order valence-electron chi connectivity index (χ1n) is 11.3. The van der Waals surface area contributed by atoms with Crippen molar-refractivity contribution >= 4 is 23.7 Å². The van der Waals surface area contributed by atoms with Gasteiger partial charge in [-0.2, -0.15) is 0 Å². The first kappa shape index (κ1) is 29.8. The van der Waals surface area contributed by atoms with Gasteiger partial charge in [0, 0.05) is 0 Å². The van der Waals surface area contributed by atoms with Crippen LogP contribution in [0.15, 0.2) is 0 Å². The molecule has 0 aromatic carbocycles. The number of unbranched alkanes of at least 4 members (excludes halogenated alkanes) is 2. The number of hydrogen-bond donors (Lipinski definition) is 7. The second-order valence-electron chi connectivity index (χ2n) is 8.51. The number of nitrogens with two attached hydrogens (primary N) is 3. The molecule has 0 bridgehead atoms. The molecule has 4 unspecified atom stereocenters. The summed E-state index contributed by atoms with van der Waals surface area (Å²) in [4.78, 5) is 49.3. The molecule has 11 heteroatoms. The van der Waals surface area contributed by atoms with Crippen molar-refractivity contribution in [3.63, 3.8) is 0 Å². The molecule has 0 radical (unpaired) electrons. The molecule has 11 nitrogen and oxygen atoms in total. The second kappa shape index (κ2) is 16.4. The van der Waals surface area contributed by atoms with Crippen LogP contribution in [0.5, 0.6) is 0 Å². The van der Waals surface area contributed by atoms with Gasteiger partial charge in [-0.05, 0) is 70.9 Å². The zero-order valence-electron chi connectivity index (χ0n) is 19.6. The highest BCUT2D eigenvalue weighted by molar-refractivity contribution is 5.94. The molecule has 0 saturated carbocycles. The quantitative estimate of drug-likeness (QED) is 0.137. The summed E-state index contributed by atoms with van der Waals surface area (Å²) in [7, 11) is 0. The molecule has 186 valence electrons. The van der Waals surface area contributed by atoms with E-state index in [-0.39, 0.29) is 12.3 Å². The number of carboxylic acid groups (broad SMARTS) is 1. The van der Waals surface area contributed by atoms with Crippen molar-refractivity contribution in [1.82, 2.24) is 16.0 Å². The van der Waals surface area contributed by atoms with Gasteiger partial charge in [-0.15, -0.1) is 0 Å². The van der Waals surface area contributed by atoms with E-state index in [0.717, 1.165) is 0 Å². The van der Waals surface area contributed by atoms with Crippen LogP contribution in [-0.2, 0) is 19.2 Å². The van der Waals surface area contributed by atoms with E-state index < -0.39 is 47.9 Å². The molecule has 10 N–H and O–H groups in total. The van der Waals surface area contributed by atoms with Gasteiger partial charge in [0.15, 0.2) is 0 Å². The Balaban J connectivity index is 5.40. The largest absolute Gasteiger partial charge is 0.480 e. The summed E-state index contributed by atoms with van der Waals surface area (Å²) in [5, 5.41) is 17.2. The van der Waals surface area contributed by atoms with E-state index in [1.807, 2.05) is 13.8 Å². The summed E-state index contributed by atoms with van der Waals surface area (Å²) in [5.41, 5.74) is 16.6. The third kappa shape index (κ3) is 12.6. The van der Waals surface area contributed by atoms with Crippen LogP contribution < -0.4 is 33.2 Å². The number of carbonyl (C=O) groups excluding carboxylic acids is 3. The number of aliphatic carboxylic acids is 1. The Kier molecular flexibility index (Phi) is 15.3. The molecule has 0 saturated heterocycles. The van der Waals surface area contributed by atoms with Crippen LogP contribution in [0.4, 0.5) is 0 Å². The monoisotopic (exact) mass is 458 g/mol. The van der Waals surface area contributed by atoms with Crippen LogP contribution in [0.3, 0.4) is 0 Å². The smallest absolute Gasteiger partial charge is 0.326 e. The second-order valence-corrected chi connectivity index (χ2v) is 8.51. The maximum absolute atomic E-state index is 12.9. The average molecular weight is 459 g/mol. The van der Waals surface area contributed by atoms with E-state index in [9.17, 15) is 24.3 Å². The van der Waals surface area contributed by atoms with Gasteiger partial charge in [0.25, 0.3) is 0 Å². The predicted octanol–water partition coefficient (Wildman–Crippen LogP) is -0.823. The lowest BCUT2D eigenvalue weighted by Gasteiger charge is -2.25. The maximum Gasteiger partial charge on any atom is 0.326 e. The third-order valence-corrected chi connectivity index (χ3v) is 4.90. The van der Waals surface area contributed by atoms with Gasteiger partial charge in [-0.3, -0.25) is 14.4 Å². The predicted molar refractivity (Wildman–Crippen MR) is 122 cm³/mol.